The van der Waals surface area contributed by atoms with Gasteiger partial charge in [-0.15, -0.1) is 0 Å². The van der Waals surface area contributed by atoms with Crippen LogP contribution in [0.4, 0.5) is 4.79 Å². The first-order valence-corrected chi connectivity index (χ1v) is 7.52. The molecule has 0 aliphatic heterocycles. The third-order valence-electron chi connectivity index (χ3n) is 2.92. The zero-order valence-corrected chi connectivity index (χ0v) is 13.5. The first-order valence-electron chi connectivity index (χ1n) is 7.52. The van der Waals surface area contributed by atoms with Crippen LogP contribution in [0.5, 0.6) is 0 Å². The molecule has 118 valence electrons. The molecular formula is C15H30N2O3. The Morgan fingerprint density at radius 1 is 1.15 bits per heavy atom. The van der Waals surface area contributed by atoms with E-state index in [9.17, 15) is 9.59 Å². The van der Waals surface area contributed by atoms with Crippen molar-refractivity contribution >= 4 is 12.0 Å². The number of unbranched alkanes of at least 4 members (excludes halogenated alkanes) is 1. The van der Waals surface area contributed by atoms with Gasteiger partial charge in [-0.3, -0.25) is 4.79 Å². The smallest absolute Gasteiger partial charge is 0.408 e. The average Bonchev–Trinajstić information content (AvgIpc) is 2.34. The average molecular weight is 286 g/mol. The molecule has 0 saturated carbocycles. The summed E-state index contributed by atoms with van der Waals surface area (Å²) < 4.78 is 5.06. The van der Waals surface area contributed by atoms with E-state index >= 15 is 0 Å². The fourth-order valence-corrected chi connectivity index (χ4v) is 1.73. The summed E-state index contributed by atoms with van der Waals surface area (Å²) >= 11 is 0. The van der Waals surface area contributed by atoms with Crippen molar-refractivity contribution in [2.75, 3.05) is 13.1 Å². The molecule has 0 rings (SSSR count). The predicted molar refractivity (Wildman–Crippen MR) is 80.6 cm³/mol. The molecule has 2 N–H and O–H groups in total. The summed E-state index contributed by atoms with van der Waals surface area (Å²) in [6, 6.07) is 0. The van der Waals surface area contributed by atoms with Crippen molar-refractivity contribution < 1.29 is 14.3 Å². The summed E-state index contributed by atoms with van der Waals surface area (Å²) in [5.74, 6) is 0.339. The Balaban J connectivity index is 3.85. The van der Waals surface area contributed by atoms with E-state index in [4.69, 9.17) is 4.74 Å². The molecule has 0 spiro atoms. The first-order chi connectivity index (χ1) is 9.28. The van der Waals surface area contributed by atoms with Crippen molar-refractivity contribution in [2.24, 2.45) is 5.92 Å². The molecule has 0 aromatic carbocycles. The molecule has 1 atom stereocenters. The highest BCUT2D eigenvalue weighted by Crippen LogP contribution is 2.11. The molecular weight excluding hydrogens is 256 g/mol. The second kappa shape index (κ2) is 9.61. The van der Waals surface area contributed by atoms with Gasteiger partial charge in [0.1, 0.15) is 5.60 Å². The summed E-state index contributed by atoms with van der Waals surface area (Å²) in [4.78, 5) is 23.0. The standard InChI is InChI=1S/C15H30N2O3/c1-6-8-9-12(7-2)10-16-13(18)11-17-14(19)20-15(3,4)5/h12H,6-11H2,1-5H3,(H,16,18)(H,17,19). The molecule has 0 aliphatic carbocycles. The zero-order valence-electron chi connectivity index (χ0n) is 13.5. The monoisotopic (exact) mass is 286 g/mol. The summed E-state index contributed by atoms with van der Waals surface area (Å²) in [6.45, 7) is 10.3. The van der Waals surface area contributed by atoms with Crippen LogP contribution in [0.1, 0.15) is 60.3 Å². The molecule has 0 saturated heterocycles. The van der Waals surface area contributed by atoms with Crippen LogP contribution in [0.15, 0.2) is 0 Å². The van der Waals surface area contributed by atoms with Crippen LogP contribution in [-0.2, 0) is 9.53 Å². The molecule has 0 bridgehead atoms. The van der Waals surface area contributed by atoms with Gasteiger partial charge < -0.3 is 15.4 Å². The largest absolute Gasteiger partial charge is 0.444 e. The van der Waals surface area contributed by atoms with Gasteiger partial charge in [0.2, 0.25) is 5.91 Å². The van der Waals surface area contributed by atoms with Crippen LogP contribution in [0, 0.1) is 5.92 Å². The number of hydrogen-bond acceptors (Lipinski definition) is 3. The molecule has 2 amide bonds. The van der Waals surface area contributed by atoms with Crippen LogP contribution >= 0.6 is 0 Å². The highest BCUT2D eigenvalue weighted by atomic mass is 16.6. The molecule has 5 heteroatoms. The lowest BCUT2D eigenvalue weighted by molar-refractivity contribution is -0.120. The quantitative estimate of drug-likeness (QED) is 0.721. The number of carbonyl (C=O) groups is 2. The number of nitrogens with one attached hydrogen (secondary N) is 2. The van der Waals surface area contributed by atoms with Gasteiger partial charge >= 0.3 is 6.09 Å². The highest BCUT2D eigenvalue weighted by Gasteiger charge is 2.16. The Morgan fingerprint density at radius 2 is 1.80 bits per heavy atom. The second-order valence-corrected chi connectivity index (χ2v) is 6.08. The van der Waals surface area contributed by atoms with E-state index in [1.54, 1.807) is 20.8 Å². The highest BCUT2D eigenvalue weighted by molar-refractivity contribution is 5.82. The number of ether oxygens (including phenoxy) is 1. The summed E-state index contributed by atoms with van der Waals surface area (Å²) in [7, 11) is 0. The molecule has 0 aliphatic rings. The maximum atomic E-state index is 11.6. The maximum Gasteiger partial charge on any atom is 0.408 e. The lowest BCUT2D eigenvalue weighted by Gasteiger charge is -2.20. The van der Waals surface area contributed by atoms with Crippen molar-refractivity contribution in [2.45, 2.75) is 65.9 Å². The fraction of sp³-hybridized carbons (Fsp3) is 0.867. The Morgan fingerprint density at radius 3 is 2.30 bits per heavy atom. The van der Waals surface area contributed by atoms with E-state index in [1.165, 1.54) is 12.8 Å². The number of rotatable bonds is 8. The fourth-order valence-electron chi connectivity index (χ4n) is 1.73. The molecule has 5 nitrogen and oxygen atoms in total. The Bertz CT molecular complexity index is 298. The van der Waals surface area contributed by atoms with Crippen molar-refractivity contribution in [3.63, 3.8) is 0 Å². The first kappa shape index (κ1) is 18.7. The molecule has 0 aromatic heterocycles. The molecule has 1 unspecified atom stereocenters. The van der Waals surface area contributed by atoms with Crippen molar-refractivity contribution in [1.29, 1.82) is 0 Å². The topological polar surface area (TPSA) is 67.4 Å². The van der Waals surface area contributed by atoms with Gasteiger partial charge in [0.25, 0.3) is 0 Å². The van der Waals surface area contributed by atoms with E-state index < -0.39 is 11.7 Å². The molecule has 0 radical (unpaired) electrons. The lowest BCUT2D eigenvalue weighted by Crippen LogP contribution is -2.40. The normalized spacial score (nSPS) is 12.7. The lowest BCUT2D eigenvalue weighted by atomic mass is 9.99. The van der Waals surface area contributed by atoms with Crippen molar-refractivity contribution in [1.82, 2.24) is 10.6 Å². The van der Waals surface area contributed by atoms with Crippen LogP contribution in [0.2, 0.25) is 0 Å². The van der Waals surface area contributed by atoms with Gasteiger partial charge in [0.15, 0.2) is 0 Å². The van der Waals surface area contributed by atoms with E-state index in [2.05, 4.69) is 24.5 Å². The molecule has 0 fully saturated rings. The van der Waals surface area contributed by atoms with Gasteiger partial charge in [-0.25, -0.2) is 4.79 Å². The predicted octanol–water partition coefficient (Wildman–Crippen LogP) is 2.84. The van der Waals surface area contributed by atoms with E-state index in [1.807, 2.05) is 0 Å². The van der Waals surface area contributed by atoms with Crippen molar-refractivity contribution in [3.8, 4) is 0 Å². The van der Waals surface area contributed by atoms with Crippen LogP contribution in [0.25, 0.3) is 0 Å². The van der Waals surface area contributed by atoms with Gasteiger partial charge in [0, 0.05) is 6.54 Å². The third-order valence-corrected chi connectivity index (χ3v) is 2.92. The van der Waals surface area contributed by atoms with Crippen molar-refractivity contribution in [3.05, 3.63) is 0 Å². The third kappa shape index (κ3) is 10.6. The van der Waals surface area contributed by atoms with Crippen LogP contribution in [-0.4, -0.2) is 30.7 Å². The minimum atomic E-state index is -0.564. The zero-order chi connectivity index (χ0) is 15.6. The minimum absolute atomic E-state index is 0.0425. The van der Waals surface area contributed by atoms with Gasteiger partial charge in [-0.05, 0) is 33.1 Å². The number of carbonyl (C=O) groups excluding carboxylic acids is 2. The van der Waals surface area contributed by atoms with E-state index in [0.29, 0.717) is 12.5 Å². The second-order valence-electron chi connectivity index (χ2n) is 6.08. The molecule has 20 heavy (non-hydrogen) atoms. The number of alkyl carbamates (subject to hydrolysis) is 1. The summed E-state index contributed by atoms with van der Waals surface area (Å²) in [5.41, 5.74) is -0.548. The maximum absolute atomic E-state index is 11.6. The van der Waals surface area contributed by atoms with Crippen LogP contribution in [0.3, 0.4) is 0 Å². The van der Waals surface area contributed by atoms with E-state index in [-0.39, 0.29) is 12.5 Å². The van der Waals surface area contributed by atoms with Gasteiger partial charge in [0.05, 0.1) is 6.54 Å². The van der Waals surface area contributed by atoms with Crippen LogP contribution < -0.4 is 10.6 Å². The summed E-state index contributed by atoms with van der Waals surface area (Å²) in [6.07, 6.45) is 3.98. The Hall–Kier alpha value is -1.26. The number of amides is 2. The SMILES string of the molecule is CCCCC(CC)CNC(=O)CNC(=O)OC(C)(C)C. The van der Waals surface area contributed by atoms with Gasteiger partial charge in [-0.2, -0.15) is 0 Å². The molecule has 0 aromatic rings. The van der Waals surface area contributed by atoms with Gasteiger partial charge in [-0.1, -0.05) is 33.1 Å². The summed E-state index contributed by atoms with van der Waals surface area (Å²) in [5, 5.41) is 5.30. The minimum Gasteiger partial charge on any atom is -0.444 e. The number of hydrogen-bond donors (Lipinski definition) is 2. The Kier molecular flexibility index (Phi) is 9.01. The van der Waals surface area contributed by atoms with E-state index in [0.717, 1.165) is 12.8 Å². The molecule has 0 heterocycles. The Labute approximate surface area is 122 Å².